The first kappa shape index (κ1) is 19.2. The van der Waals surface area contributed by atoms with Gasteiger partial charge in [-0.05, 0) is 12.0 Å². The summed E-state index contributed by atoms with van der Waals surface area (Å²) in [4.78, 5) is 5.75. The van der Waals surface area contributed by atoms with Crippen molar-refractivity contribution in [1.29, 1.82) is 0 Å². The van der Waals surface area contributed by atoms with E-state index in [1.807, 2.05) is 18.2 Å². The van der Waals surface area contributed by atoms with Gasteiger partial charge in [0.2, 0.25) is 0 Å². The molecule has 0 N–H and O–H groups in total. The molecule has 0 fully saturated rings. The molecule has 0 unspecified atom stereocenters. The van der Waals surface area contributed by atoms with Crippen molar-refractivity contribution in [3.8, 4) is 0 Å². The minimum Gasteiger partial charge on any atom is -0.299 e. The summed E-state index contributed by atoms with van der Waals surface area (Å²) in [5.41, 5.74) is 1.30. The number of benzene rings is 1. The second kappa shape index (κ2) is 13.8. The number of rotatable bonds is 14. The number of nitrogens with zero attached hydrogens (tertiary/aromatic N) is 1. The Labute approximate surface area is 137 Å². The van der Waals surface area contributed by atoms with E-state index in [9.17, 15) is 0 Å². The topological polar surface area (TPSA) is 12.5 Å². The minimum atomic E-state index is 0.847. The molecule has 0 aromatic heterocycles. The van der Waals surface area contributed by atoms with Gasteiger partial charge in [-0.25, -0.2) is 0 Å². The van der Waals surface area contributed by atoms with Crippen LogP contribution in [0.2, 0.25) is 0 Å². The standard InChI is InChI=1S/C20H35NO/c1-3-4-5-6-7-8-9-10-11-15-18-22-21(2)19-20-16-13-12-14-17-20/h12-14,16-17H,3-11,15,18-19H2,1-2H3. The van der Waals surface area contributed by atoms with Crippen LogP contribution in [0.15, 0.2) is 30.3 Å². The molecule has 2 heteroatoms. The van der Waals surface area contributed by atoms with Crippen LogP contribution in [0.5, 0.6) is 0 Å². The van der Waals surface area contributed by atoms with Crippen LogP contribution in [-0.4, -0.2) is 18.7 Å². The van der Waals surface area contributed by atoms with Crippen molar-refractivity contribution in [1.82, 2.24) is 5.06 Å². The van der Waals surface area contributed by atoms with E-state index in [0.717, 1.165) is 13.2 Å². The predicted octanol–water partition coefficient (Wildman–Crippen LogP) is 5.97. The van der Waals surface area contributed by atoms with Gasteiger partial charge in [0.15, 0.2) is 0 Å². The third kappa shape index (κ3) is 10.8. The van der Waals surface area contributed by atoms with Crippen LogP contribution in [0, 0.1) is 0 Å². The van der Waals surface area contributed by atoms with E-state index >= 15 is 0 Å². The van der Waals surface area contributed by atoms with Gasteiger partial charge in [-0.1, -0.05) is 95.0 Å². The molecular weight excluding hydrogens is 270 g/mol. The van der Waals surface area contributed by atoms with Gasteiger partial charge in [0, 0.05) is 13.6 Å². The summed E-state index contributed by atoms with van der Waals surface area (Å²) in [5.74, 6) is 0. The van der Waals surface area contributed by atoms with Crippen LogP contribution in [0.1, 0.15) is 76.7 Å². The molecule has 126 valence electrons. The Kier molecular flexibility index (Phi) is 12.0. The van der Waals surface area contributed by atoms with Crippen LogP contribution in [0.4, 0.5) is 0 Å². The van der Waals surface area contributed by atoms with Gasteiger partial charge >= 0.3 is 0 Å². The van der Waals surface area contributed by atoms with E-state index < -0.39 is 0 Å². The van der Waals surface area contributed by atoms with E-state index in [1.165, 1.54) is 69.8 Å². The average Bonchev–Trinajstić information content (AvgIpc) is 2.53. The zero-order chi connectivity index (χ0) is 15.9. The second-order valence-corrected chi connectivity index (χ2v) is 6.29. The molecule has 0 aliphatic heterocycles. The highest BCUT2D eigenvalue weighted by Crippen LogP contribution is 2.11. The zero-order valence-corrected chi connectivity index (χ0v) is 14.7. The van der Waals surface area contributed by atoms with E-state index in [2.05, 4.69) is 31.2 Å². The van der Waals surface area contributed by atoms with Crippen LogP contribution in [0.3, 0.4) is 0 Å². The minimum absolute atomic E-state index is 0.847. The molecule has 0 aliphatic carbocycles. The summed E-state index contributed by atoms with van der Waals surface area (Å²) in [6, 6.07) is 10.5. The molecule has 0 aliphatic rings. The van der Waals surface area contributed by atoms with Gasteiger partial charge in [-0.15, -0.1) is 0 Å². The largest absolute Gasteiger partial charge is 0.299 e. The lowest BCUT2D eigenvalue weighted by Gasteiger charge is -2.16. The third-order valence-electron chi connectivity index (χ3n) is 4.06. The summed E-state index contributed by atoms with van der Waals surface area (Å²) in [7, 11) is 2.02. The number of hydrogen-bond donors (Lipinski definition) is 0. The monoisotopic (exact) mass is 305 g/mol. The number of unbranched alkanes of at least 4 members (excludes halogenated alkanes) is 9. The molecule has 1 rings (SSSR count). The molecule has 1 aromatic rings. The fourth-order valence-corrected chi connectivity index (χ4v) is 2.70. The molecule has 0 spiro atoms. The van der Waals surface area contributed by atoms with Crippen molar-refractivity contribution >= 4 is 0 Å². The summed E-state index contributed by atoms with van der Waals surface area (Å²) < 4.78 is 0. The fraction of sp³-hybridized carbons (Fsp3) is 0.700. The second-order valence-electron chi connectivity index (χ2n) is 6.29. The molecule has 0 saturated carbocycles. The summed E-state index contributed by atoms with van der Waals surface area (Å²) >= 11 is 0. The number of hydrogen-bond acceptors (Lipinski definition) is 2. The van der Waals surface area contributed by atoms with Gasteiger partial charge in [-0.3, -0.25) is 4.84 Å². The summed E-state index contributed by atoms with van der Waals surface area (Å²) in [5, 5.41) is 1.95. The fourth-order valence-electron chi connectivity index (χ4n) is 2.70. The first-order valence-electron chi connectivity index (χ1n) is 9.21. The molecule has 0 bridgehead atoms. The molecule has 22 heavy (non-hydrogen) atoms. The normalized spacial score (nSPS) is 11.2. The van der Waals surface area contributed by atoms with E-state index in [-0.39, 0.29) is 0 Å². The summed E-state index contributed by atoms with van der Waals surface area (Å²) in [6.07, 6.45) is 13.7. The highest BCUT2D eigenvalue weighted by atomic mass is 16.7. The maximum Gasteiger partial charge on any atom is 0.0685 e. The Hall–Kier alpha value is -0.860. The molecule has 0 saturated heterocycles. The maximum absolute atomic E-state index is 5.75. The van der Waals surface area contributed by atoms with E-state index in [1.54, 1.807) is 0 Å². The SMILES string of the molecule is CCCCCCCCCCCCON(C)Cc1ccccc1. The molecule has 0 amide bonds. The molecule has 0 heterocycles. The third-order valence-corrected chi connectivity index (χ3v) is 4.06. The molecule has 0 atom stereocenters. The van der Waals surface area contributed by atoms with E-state index in [4.69, 9.17) is 4.84 Å². The average molecular weight is 306 g/mol. The van der Waals surface area contributed by atoms with Gasteiger partial charge in [0.25, 0.3) is 0 Å². The van der Waals surface area contributed by atoms with Crippen molar-refractivity contribution < 1.29 is 4.84 Å². The molecule has 0 radical (unpaired) electrons. The van der Waals surface area contributed by atoms with Crippen molar-refractivity contribution in [3.05, 3.63) is 35.9 Å². The molecule has 1 aromatic carbocycles. The summed E-state index contributed by atoms with van der Waals surface area (Å²) in [6.45, 7) is 3.98. The van der Waals surface area contributed by atoms with Crippen molar-refractivity contribution in [2.75, 3.05) is 13.7 Å². The first-order chi connectivity index (χ1) is 10.8. The first-order valence-corrected chi connectivity index (χ1v) is 9.21. The lowest BCUT2D eigenvalue weighted by molar-refractivity contribution is -0.147. The lowest BCUT2D eigenvalue weighted by Crippen LogP contribution is -2.19. The Morgan fingerprint density at radius 3 is 1.91 bits per heavy atom. The Morgan fingerprint density at radius 2 is 1.32 bits per heavy atom. The van der Waals surface area contributed by atoms with Crippen LogP contribution in [0.25, 0.3) is 0 Å². The highest BCUT2D eigenvalue weighted by Gasteiger charge is 2.00. The number of hydroxylamine groups is 2. The lowest BCUT2D eigenvalue weighted by atomic mass is 10.1. The van der Waals surface area contributed by atoms with Crippen LogP contribution < -0.4 is 0 Å². The smallest absolute Gasteiger partial charge is 0.0685 e. The van der Waals surface area contributed by atoms with Crippen LogP contribution in [-0.2, 0) is 11.4 Å². The van der Waals surface area contributed by atoms with Gasteiger partial charge in [-0.2, -0.15) is 5.06 Å². The predicted molar refractivity (Wildman–Crippen MR) is 95.7 cm³/mol. The van der Waals surface area contributed by atoms with Crippen molar-refractivity contribution in [2.45, 2.75) is 77.7 Å². The Bertz CT molecular complexity index is 339. The zero-order valence-electron chi connectivity index (χ0n) is 14.7. The Morgan fingerprint density at radius 1 is 0.773 bits per heavy atom. The van der Waals surface area contributed by atoms with Crippen molar-refractivity contribution in [2.24, 2.45) is 0 Å². The Balaban J connectivity index is 1.85. The van der Waals surface area contributed by atoms with Crippen molar-refractivity contribution in [3.63, 3.8) is 0 Å². The van der Waals surface area contributed by atoms with E-state index in [0.29, 0.717) is 0 Å². The molecular formula is C20H35NO. The van der Waals surface area contributed by atoms with Gasteiger partial charge in [0.1, 0.15) is 0 Å². The van der Waals surface area contributed by atoms with Gasteiger partial charge < -0.3 is 0 Å². The van der Waals surface area contributed by atoms with Gasteiger partial charge in [0.05, 0.1) is 6.61 Å². The quantitative estimate of drug-likeness (QED) is 0.310. The highest BCUT2D eigenvalue weighted by molar-refractivity contribution is 5.13. The maximum atomic E-state index is 5.75. The van der Waals surface area contributed by atoms with Crippen LogP contribution >= 0.6 is 0 Å². The molecule has 2 nitrogen and oxygen atoms in total.